The third kappa shape index (κ3) is 4.99. The fourth-order valence-corrected chi connectivity index (χ4v) is 5.51. The summed E-state index contributed by atoms with van der Waals surface area (Å²) in [6.07, 6.45) is 4.23. The molecule has 4 aromatic heterocycles. The number of anilines is 1. The second-order valence-corrected chi connectivity index (χ2v) is 10.3. The third-order valence-corrected chi connectivity index (χ3v) is 8.02. The van der Waals surface area contributed by atoms with Crippen LogP contribution in [0.1, 0.15) is 37.6 Å². The lowest BCUT2D eigenvalue weighted by Gasteiger charge is -2.40. The normalized spacial score (nSPS) is 16.0. The average molecular weight is 533 g/mol. The molecular weight excluding hydrogens is 500 g/mol. The maximum atomic E-state index is 13.3. The van der Waals surface area contributed by atoms with Crippen molar-refractivity contribution in [2.45, 2.75) is 39.3 Å². The molecule has 3 N–H and O–H groups in total. The van der Waals surface area contributed by atoms with E-state index in [-0.39, 0.29) is 11.9 Å². The van der Waals surface area contributed by atoms with Gasteiger partial charge in [-0.2, -0.15) is 5.10 Å². The van der Waals surface area contributed by atoms with Crippen LogP contribution in [-0.2, 0) is 4.79 Å². The molecule has 0 saturated carbocycles. The summed E-state index contributed by atoms with van der Waals surface area (Å²) in [5.41, 5.74) is 8.81. The number of nitrogens with one attached hydrogen (secondary N) is 1. The van der Waals surface area contributed by atoms with Gasteiger partial charge in [-0.25, -0.2) is 14.5 Å². The van der Waals surface area contributed by atoms with Crippen molar-refractivity contribution in [1.29, 1.82) is 0 Å². The molecule has 0 spiro atoms. The van der Waals surface area contributed by atoms with E-state index >= 15 is 0 Å². The van der Waals surface area contributed by atoms with E-state index in [0.29, 0.717) is 47.8 Å². The Morgan fingerprint density at radius 3 is 2.68 bits per heavy atom. The number of hydrogen-bond donors (Lipinski definition) is 2. The van der Waals surface area contributed by atoms with Gasteiger partial charge in [-0.15, -0.1) is 11.3 Å². The number of nitrogens with two attached hydrogens (primary N) is 1. The molecule has 5 rings (SSSR count). The van der Waals surface area contributed by atoms with Crippen LogP contribution in [0.15, 0.2) is 48.1 Å². The lowest BCUT2D eigenvalue weighted by atomic mass is 10.0. The summed E-state index contributed by atoms with van der Waals surface area (Å²) in [6.45, 7) is 9.30. The van der Waals surface area contributed by atoms with Crippen molar-refractivity contribution < 1.29 is 9.59 Å². The van der Waals surface area contributed by atoms with Crippen LogP contribution in [0.3, 0.4) is 0 Å². The highest BCUT2D eigenvalue weighted by atomic mass is 32.1. The highest BCUT2D eigenvalue weighted by molar-refractivity contribution is 7.13. The van der Waals surface area contributed by atoms with E-state index in [9.17, 15) is 9.59 Å². The fraction of sp³-hybridized carbons (Fsp3) is 0.370. The number of pyridine rings is 1. The summed E-state index contributed by atoms with van der Waals surface area (Å²) in [7, 11) is 0. The van der Waals surface area contributed by atoms with E-state index in [0.717, 1.165) is 23.7 Å². The first kappa shape index (κ1) is 25.8. The van der Waals surface area contributed by atoms with Gasteiger partial charge >= 0.3 is 0 Å². The topological polar surface area (TPSA) is 122 Å². The molecule has 10 nitrogen and oxygen atoms in total. The van der Waals surface area contributed by atoms with Crippen molar-refractivity contribution in [2.24, 2.45) is 5.73 Å². The number of nitrogens with zero attached hydrogens (tertiary/aromatic N) is 6. The second-order valence-electron chi connectivity index (χ2n) is 9.40. The predicted octanol–water partition coefficient (Wildman–Crippen LogP) is 3.04. The van der Waals surface area contributed by atoms with Crippen LogP contribution in [-0.4, -0.2) is 74.6 Å². The number of carbonyl (C=O) groups is 2. The summed E-state index contributed by atoms with van der Waals surface area (Å²) in [6, 6.07) is 9.18. The number of fused-ring (bicyclic) bond motifs is 1. The Bertz CT molecular complexity index is 1450. The first-order valence-electron chi connectivity index (χ1n) is 12.9. The number of rotatable bonds is 10. The highest BCUT2D eigenvalue weighted by Gasteiger charge is 2.34. The molecule has 1 fully saturated rings. The molecule has 0 radical (unpaired) electrons. The van der Waals surface area contributed by atoms with Gasteiger partial charge in [0.2, 0.25) is 5.91 Å². The minimum absolute atomic E-state index is 0.198. The summed E-state index contributed by atoms with van der Waals surface area (Å²) in [4.78, 5) is 40.2. The zero-order valence-electron chi connectivity index (χ0n) is 21.8. The number of hydrogen-bond acceptors (Lipinski definition) is 8. The van der Waals surface area contributed by atoms with Gasteiger partial charge in [-0.05, 0) is 56.1 Å². The van der Waals surface area contributed by atoms with Gasteiger partial charge in [0.05, 0.1) is 28.0 Å². The predicted molar refractivity (Wildman–Crippen MR) is 149 cm³/mol. The van der Waals surface area contributed by atoms with Gasteiger partial charge in [-0.3, -0.25) is 14.5 Å². The molecule has 5 heterocycles. The first-order chi connectivity index (χ1) is 18.4. The number of likely N-dealkylation sites (N-methyl/N-ethyl adjacent to an activating group) is 1. The highest BCUT2D eigenvalue weighted by Crippen LogP contribution is 2.31. The van der Waals surface area contributed by atoms with Crippen molar-refractivity contribution >= 4 is 34.6 Å². The van der Waals surface area contributed by atoms with Crippen molar-refractivity contribution in [3.05, 3.63) is 53.7 Å². The minimum Gasteiger partial charge on any atom is -0.368 e. The molecule has 2 amide bonds. The summed E-state index contributed by atoms with van der Waals surface area (Å²) >= 11 is 1.61. The summed E-state index contributed by atoms with van der Waals surface area (Å²) < 4.78 is 1.70. The Morgan fingerprint density at radius 1 is 1.21 bits per heavy atom. The van der Waals surface area contributed by atoms with Crippen LogP contribution in [0.5, 0.6) is 0 Å². The van der Waals surface area contributed by atoms with Gasteiger partial charge in [0.15, 0.2) is 5.65 Å². The molecule has 198 valence electrons. The maximum Gasteiger partial charge on any atom is 0.251 e. The second kappa shape index (κ2) is 10.9. The van der Waals surface area contributed by atoms with E-state index < -0.39 is 11.9 Å². The van der Waals surface area contributed by atoms with E-state index in [2.05, 4.69) is 36.1 Å². The molecule has 1 aliphatic heterocycles. The Labute approximate surface area is 225 Å². The van der Waals surface area contributed by atoms with Gasteiger partial charge in [-0.1, -0.05) is 19.9 Å². The Morgan fingerprint density at radius 2 is 2.03 bits per heavy atom. The molecule has 38 heavy (non-hydrogen) atoms. The number of amides is 2. The Balaban J connectivity index is 1.52. The average Bonchev–Trinajstić information content (AvgIpc) is 3.57. The van der Waals surface area contributed by atoms with Crippen LogP contribution < -0.4 is 16.0 Å². The van der Waals surface area contributed by atoms with Gasteiger partial charge < -0.3 is 16.0 Å². The smallest absolute Gasteiger partial charge is 0.251 e. The largest absolute Gasteiger partial charge is 0.368 e. The standard InChI is InChI=1S/C27H32N8O2S/c1-4-33(5-2)17(3)15-29-27(37)18-13-21(31-24(14-18)34-10-9-22(34)25(28)36)19-16-30-35-11-8-20(32-26(19)35)23-7-6-12-38-23/h6-8,11-14,16-17,22H,4-5,9-10,15H2,1-3H3,(H2,28,36)(H,29,37). The van der Waals surface area contributed by atoms with Crippen LogP contribution >= 0.6 is 11.3 Å². The SMILES string of the molecule is CCN(CC)C(C)CNC(=O)c1cc(-c2cnn3ccc(-c4cccs4)nc23)nc(N2CCC2C(N)=O)c1. The van der Waals surface area contributed by atoms with Crippen molar-refractivity contribution in [3.63, 3.8) is 0 Å². The molecule has 11 heteroatoms. The van der Waals surface area contributed by atoms with E-state index in [4.69, 9.17) is 15.7 Å². The van der Waals surface area contributed by atoms with Gasteiger partial charge in [0, 0.05) is 30.9 Å². The molecule has 2 atom stereocenters. The number of thiophene rings is 1. The molecule has 0 bridgehead atoms. The molecule has 2 unspecified atom stereocenters. The van der Waals surface area contributed by atoms with Crippen LogP contribution in [0, 0.1) is 0 Å². The van der Waals surface area contributed by atoms with Crippen LogP contribution in [0.2, 0.25) is 0 Å². The third-order valence-electron chi connectivity index (χ3n) is 7.13. The fourth-order valence-electron chi connectivity index (χ4n) is 4.82. The number of carbonyl (C=O) groups excluding carboxylic acids is 2. The Hall–Kier alpha value is -3.83. The number of aromatic nitrogens is 4. The quantitative estimate of drug-likeness (QED) is 0.322. The van der Waals surface area contributed by atoms with E-state index in [1.807, 2.05) is 34.7 Å². The van der Waals surface area contributed by atoms with Crippen molar-refractivity contribution in [2.75, 3.05) is 31.1 Å². The van der Waals surface area contributed by atoms with Gasteiger partial charge in [0.1, 0.15) is 11.9 Å². The molecule has 1 saturated heterocycles. The van der Waals surface area contributed by atoms with Crippen LogP contribution in [0.4, 0.5) is 5.82 Å². The molecule has 0 aliphatic carbocycles. The zero-order valence-corrected chi connectivity index (χ0v) is 22.6. The van der Waals surface area contributed by atoms with E-state index in [1.54, 1.807) is 34.2 Å². The van der Waals surface area contributed by atoms with Crippen molar-refractivity contribution in [1.82, 2.24) is 29.8 Å². The maximum absolute atomic E-state index is 13.3. The lowest BCUT2D eigenvalue weighted by Crippen LogP contribution is -2.55. The van der Waals surface area contributed by atoms with Gasteiger partial charge in [0.25, 0.3) is 5.91 Å². The molecular formula is C27H32N8O2S. The van der Waals surface area contributed by atoms with Crippen molar-refractivity contribution in [3.8, 4) is 21.8 Å². The van der Waals surface area contributed by atoms with Crippen LogP contribution in [0.25, 0.3) is 27.5 Å². The monoisotopic (exact) mass is 532 g/mol. The van der Waals surface area contributed by atoms with E-state index in [1.165, 1.54) is 0 Å². The summed E-state index contributed by atoms with van der Waals surface area (Å²) in [5, 5.41) is 9.54. The molecule has 1 aliphatic rings. The zero-order chi connectivity index (χ0) is 26.8. The molecule has 4 aromatic rings. The Kier molecular flexibility index (Phi) is 7.39. The first-order valence-corrected chi connectivity index (χ1v) is 13.8. The number of primary amides is 1. The lowest BCUT2D eigenvalue weighted by molar-refractivity contribution is -0.120. The summed E-state index contributed by atoms with van der Waals surface area (Å²) in [5.74, 6) is -0.0669. The minimum atomic E-state index is -0.441. The molecule has 0 aromatic carbocycles.